The molecule has 144 valence electrons. The number of aromatic amines is 1. The number of anilines is 1. The summed E-state index contributed by atoms with van der Waals surface area (Å²) in [6.45, 7) is 4.28. The first-order chi connectivity index (χ1) is 13.7. The molecule has 0 unspecified atom stereocenters. The molecule has 1 saturated carbocycles. The molecule has 8 heteroatoms. The summed E-state index contributed by atoms with van der Waals surface area (Å²) in [5.41, 5.74) is 2.27. The molecule has 1 aliphatic carbocycles. The summed E-state index contributed by atoms with van der Waals surface area (Å²) in [5.74, 6) is 1.58. The van der Waals surface area contributed by atoms with Crippen molar-refractivity contribution in [3.63, 3.8) is 0 Å². The van der Waals surface area contributed by atoms with Crippen molar-refractivity contribution < 1.29 is 4.74 Å². The van der Waals surface area contributed by atoms with Gasteiger partial charge >= 0.3 is 0 Å². The topological polar surface area (TPSA) is 95.1 Å². The van der Waals surface area contributed by atoms with E-state index in [1.54, 1.807) is 6.20 Å². The Hall–Kier alpha value is -2.92. The van der Waals surface area contributed by atoms with Gasteiger partial charge in [-0.3, -0.25) is 5.10 Å². The number of imidazole rings is 1. The molecular weight excluding hydrogens is 354 g/mol. The van der Waals surface area contributed by atoms with Gasteiger partial charge in [-0.25, -0.2) is 9.50 Å². The highest BCUT2D eigenvalue weighted by Crippen LogP contribution is 2.43. The van der Waals surface area contributed by atoms with Gasteiger partial charge in [-0.2, -0.15) is 10.4 Å². The van der Waals surface area contributed by atoms with Gasteiger partial charge < -0.3 is 9.64 Å². The van der Waals surface area contributed by atoms with Crippen molar-refractivity contribution in [2.45, 2.75) is 44.1 Å². The van der Waals surface area contributed by atoms with Gasteiger partial charge in [-0.1, -0.05) is 12.8 Å². The molecule has 0 aromatic carbocycles. The monoisotopic (exact) mass is 377 g/mol. The second-order valence-electron chi connectivity index (χ2n) is 7.78. The molecule has 8 nitrogen and oxygen atoms in total. The summed E-state index contributed by atoms with van der Waals surface area (Å²) < 4.78 is 7.48. The third kappa shape index (κ3) is 2.58. The average Bonchev–Trinajstić information content (AvgIpc) is 3.47. The first kappa shape index (κ1) is 17.2. The van der Waals surface area contributed by atoms with E-state index in [1.807, 2.05) is 16.8 Å². The van der Waals surface area contributed by atoms with Crippen LogP contribution < -0.4 is 4.90 Å². The summed E-state index contributed by atoms with van der Waals surface area (Å²) in [5, 5.41) is 22.1. The maximum absolute atomic E-state index is 10.1. The van der Waals surface area contributed by atoms with Gasteiger partial charge in [0.2, 0.25) is 0 Å². The van der Waals surface area contributed by atoms with Crippen LogP contribution in [-0.2, 0) is 10.2 Å². The van der Waals surface area contributed by atoms with Crippen molar-refractivity contribution in [2.75, 3.05) is 24.7 Å². The molecule has 1 aliphatic heterocycles. The van der Waals surface area contributed by atoms with Crippen molar-refractivity contribution in [2.24, 2.45) is 0 Å². The maximum Gasteiger partial charge on any atom is 0.179 e. The first-order valence-corrected chi connectivity index (χ1v) is 9.86. The zero-order valence-electron chi connectivity index (χ0n) is 15.9. The molecule has 0 radical (unpaired) electrons. The molecular formula is C20H23N7O. The van der Waals surface area contributed by atoms with Crippen LogP contribution in [-0.4, -0.2) is 50.6 Å². The molecule has 0 bridgehead atoms. The van der Waals surface area contributed by atoms with Crippen molar-refractivity contribution in [1.82, 2.24) is 24.8 Å². The van der Waals surface area contributed by atoms with Crippen LogP contribution in [0.2, 0.25) is 0 Å². The molecule has 2 fully saturated rings. The van der Waals surface area contributed by atoms with Crippen LogP contribution in [0.5, 0.6) is 0 Å². The summed E-state index contributed by atoms with van der Waals surface area (Å²) in [7, 11) is 0. The lowest BCUT2D eigenvalue weighted by atomic mass is 9.80. The van der Waals surface area contributed by atoms with Crippen LogP contribution in [0, 0.1) is 11.3 Å². The zero-order valence-corrected chi connectivity index (χ0v) is 15.9. The average molecular weight is 377 g/mol. The fraction of sp³-hybridized carbons (Fsp3) is 0.500. The lowest BCUT2D eigenvalue weighted by molar-refractivity contribution is 0.0984. The Kier molecular flexibility index (Phi) is 4.05. The van der Waals surface area contributed by atoms with Crippen molar-refractivity contribution >= 4 is 11.3 Å². The molecule has 0 amide bonds. The number of aromatic nitrogens is 5. The highest BCUT2D eigenvalue weighted by molar-refractivity contribution is 5.67. The summed E-state index contributed by atoms with van der Waals surface area (Å²) in [6.07, 6.45) is 7.46. The molecule has 5 rings (SSSR count). The van der Waals surface area contributed by atoms with E-state index < -0.39 is 5.41 Å². The fourth-order valence-electron chi connectivity index (χ4n) is 4.54. The second-order valence-corrected chi connectivity index (χ2v) is 7.78. The van der Waals surface area contributed by atoms with Gasteiger partial charge in [0.15, 0.2) is 5.82 Å². The SMILES string of the molecule is C[C@@H]1COCCN1c1cc(C2(C#N)CCCC2)c2cnc(-c3ccn[nH]3)n2n1. The van der Waals surface area contributed by atoms with Gasteiger partial charge in [-0.15, -0.1) is 5.10 Å². The van der Waals surface area contributed by atoms with Gasteiger partial charge in [0.05, 0.1) is 42.5 Å². The predicted molar refractivity (Wildman–Crippen MR) is 104 cm³/mol. The van der Waals surface area contributed by atoms with E-state index in [2.05, 4.69) is 39.1 Å². The standard InChI is InChI=1S/C20H23N7O/c1-14-12-28-9-8-26(14)18-10-15(20(13-21)5-2-3-6-20)17-11-22-19(27(17)25-18)16-4-7-23-24-16/h4,7,10-11,14H,2-3,5-6,8-9,12H2,1H3,(H,23,24)/t14-/m1/s1. The second kappa shape index (κ2) is 6.60. The number of nitriles is 1. The van der Waals surface area contributed by atoms with Gasteiger partial charge in [0.25, 0.3) is 0 Å². The van der Waals surface area contributed by atoms with Crippen LogP contribution >= 0.6 is 0 Å². The third-order valence-electron chi connectivity index (χ3n) is 6.08. The fourth-order valence-corrected chi connectivity index (χ4v) is 4.54. The molecule has 3 aromatic rings. The Bertz CT molecular complexity index is 1030. The minimum atomic E-state index is -0.472. The van der Waals surface area contributed by atoms with Gasteiger partial charge in [0.1, 0.15) is 11.5 Å². The smallest absolute Gasteiger partial charge is 0.179 e. The molecule has 0 spiro atoms. The number of morpholine rings is 1. The van der Waals surface area contributed by atoms with E-state index >= 15 is 0 Å². The number of hydrogen-bond acceptors (Lipinski definition) is 6. The minimum absolute atomic E-state index is 0.229. The van der Waals surface area contributed by atoms with Gasteiger partial charge in [0, 0.05) is 18.3 Å². The van der Waals surface area contributed by atoms with E-state index in [0.717, 1.165) is 54.8 Å². The van der Waals surface area contributed by atoms with E-state index in [4.69, 9.17) is 9.84 Å². The Balaban J connectivity index is 1.75. The lowest BCUT2D eigenvalue weighted by Crippen LogP contribution is -2.44. The molecule has 1 N–H and O–H groups in total. The number of hydrogen-bond donors (Lipinski definition) is 1. The highest BCUT2D eigenvalue weighted by Gasteiger charge is 2.39. The summed E-state index contributed by atoms with van der Waals surface area (Å²) in [6, 6.07) is 6.87. The number of H-pyrrole nitrogens is 1. The van der Waals surface area contributed by atoms with Crippen molar-refractivity contribution in [3.8, 4) is 17.6 Å². The van der Waals surface area contributed by atoms with Crippen LogP contribution in [0.15, 0.2) is 24.5 Å². The zero-order chi connectivity index (χ0) is 19.1. The predicted octanol–water partition coefficient (Wildman–Crippen LogP) is 2.68. The number of nitrogens with zero attached hydrogens (tertiary/aromatic N) is 6. The van der Waals surface area contributed by atoms with Crippen LogP contribution in [0.25, 0.3) is 17.0 Å². The van der Waals surface area contributed by atoms with E-state index in [0.29, 0.717) is 19.0 Å². The Morgan fingerprint density at radius 1 is 1.36 bits per heavy atom. The van der Waals surface area contributed by atoms with Crippen LogP contribution in [0.1, 0.15) is 38.2 Å². The minimum Gasteiger partial charge on any atom is -0.377 e. The quantitative estimate of drug-likeness (QED) is 0.754. The molecule has 28 heavy (non-hydrogen) atoms. The number of rotatable bonds is 3. The summed E-state index contributed by atoms with van der Waals surface area (Å²) >= 11 is 0. The Morgan fingerprint density at radius 3 is 2.93 bits per heavy atom. The normalized spacial score (nSPS) is 21.9. The van der Waals surface area contributed by atoms with E-state index in [9.17, 15) is 5.26 Å². The van der Waals surface area contributed by atoms with Gasteiger partial charge in [-0.05, 0) is 31.9 Å². The molecule has 1 atom stereocenters. The maximum atomic E-state index is 10.1. The molecule has 2 aliphatic rings. The van der Waals surface area contributed by atoms with Crippen LogP contribution in [0.4, 0.5) is 5.82 Å². The van der Waals surface area contributed by atoms with Crippen LogP contribution in [0.3, 0.4) is 0 Å². The molecule has 4 heterocycles. The first-order valence-electron chi connectivity index (χ1n) is 9.86. The van der Waals surface area contributed by atoms with E-state index in [1.165, 1.54) is 0 Å². The summed E-state index contributed by atoms with van der Waals surface area (Å²) in [4.78, 5) is 6.88. The van der Waals surface area contributed by atoms with Crippen molar-refractivity contribution in [1.29, 1.82) is 5.26 Å². The number of ether oxygens (including phenoxy) is 1. The van der Waals surface area contributed by atoms with E-state index in [-0.39, 0.29) is 6.04 Å². The number of nitrogens with one attached hydrogen (secondary N) is 1. The lowest BCUT2D eigenvalue weighted by Gasteiger charge is -2.35. The molecule has 1 saturated heterocycles. The largest absolute Gasteiger partial charge is 0.377 e. The third-order valence-corrected chi connectivity index (χ3v) is 6.08. The Labute approximate surface area is 163 Å². The van der Waals surface area contributed by atoms with Crippen molar-refractivity contribution in [3.05, 3.63) is 30.1 Å². The highest BCUT2D eigenvalue weighted by atomic mass is 16.5. The Morgan fingerprint density at radius 2 is 2.21 bits per heavy atom. The molecule has 3 aromatic heterocycles. The number of fused-ring (bicyclic) bond motifs is 1.